The van der Waals surface area contributed by atoms with Crippen molar-refractivity contribution in [3.05, 3.63) is 35.4 Å². The second kappa shape index (κ2) is 6.03. The van der Waals surface area contributed by atoms with Crippen molar-refractivity contribution in [3.8, 4) is 0 Å². The van der Waals surface area contributed by atoms with E-state index in [0.29, 0.717) is 0 Å². The van der Waals surface area contributed by atoms with Crippen molar-refractivity contribution in [1.29, 1.82) is 0 Å². The Balaban J connectivity index is 0.00000144. The summed E-state index contributed by atoms with van der Waals surface area (Å²) in [5.41, 5.74) is 2.43. The zero-order valence-corrected chi connectivity index (χ0v) is 10.7. The second-order valence-electron chi connectivity index (χ2n) is 4.45. The summed E-state index contributed by atoms with van der Waals surface area (Å²) in [7, 11) is 0. The molecule has 1 N–H and O–H groups in total. The molecule has 3 nitrogen and oxygen atoms in total. The summed E-state index contributed by atoms with van der Waals surface area (Å²) < 4.78 is 0. The first-order valence-corrected chi connectivity index (χ1v) is 5.69. The summed E-state index contributed by atoms with van der Waals surface area (Å²) >= 11 is 0. The smallest absolute Gasteiger partial charge is 0.320 e. The molecule has 1 aliphatic rings. The third-order valence-corrected chi connectivity index (χ3v) is 3.15. The van der Waals surface area contributed by atoms with Gasteiger partial charge in [0.25, 0.3) is 0 Å². The van der Waals surface area contributed by atoms with Crippen molar-refractivity contribution in [1.82, 2.24) is 4.90 Å². The number of carbonyl (C=O) groups is 1. The molecule has 0 bridgehead atoms. The molecule has 0 unspecified atom stereocenters. The Hall–Kier alpha value is -1.06. The predicted octanol–water partition coefficient (Wildman–Crippen LogP) is 2.47. The molecule has 0 amide bonds. The van der Waals surface area contributed by atoms with E-state index >= 15 is 0 Å². The lowest BCUT2D eigenvalue weighted by atomic mass is 10.1. The van der Waals surface area contributed by atoms with Crippen molar-refractivity contribution in [2.24, 2.45) is 0 Å². The number of carboxylic acid groups (broad SMARTS) is 1. The minimum absolute atomic E-state index is 0. The van der Waals surface area contributed by atoms with E-state index in [1.165, 1.54) is 11.1 Å². The van der Waals surface area contributed by atoms with Crippen LogP contribution in [0.5, 0.6) is 0 Å². The van der Waals surface area contributed by atoms with E-state index in [1.807, 2.05) is 4.90 Å². The van der Waals surface area contributed by atoms with Crippen molar-refractivity contribution in [2.75, 3.05) is 6.54 Å². The van der Waals surface area contributed by atoms with Crippen LogP contribution in [0.3, 0.4) is 0 Å². The highest BCUT2D eigenvalue weighted by atomic mass is 35.5. The molecular formula is C13H18ClNO2. The maximum Gasteiger partial charge on any atom is 0.320 e. The van der Waals surface area contributed by atoms with Crippen molar-refractivity contribution < 1.29 is 9.90 Å². The number of halogens is 1. The van der Waals surface area contributed by atoms with Crippen LogP contribution in [0.2, 0.25) is 0 Å². The second-order valence-corrected chi connectivity index (χ2v) is 4.45. The van der Waals surface area contributed by atoms with Crippen LogP contribution in [0.4, 0.5) is 0 Å². The zero-order chi connectivity index (χ0) is 11.5. The van der Waals surface area contributed by atoms with Crippen molar-refractivity contribution in [2.45, 2.75) is 32.4 Å². The maximum atomic E-state index is 11.0. The molecule has 1 aliphatic heterocycles. The molecule has 0 aliphatic carbocycles. The van der Waals surface area contributed by atoms with Gasteiger partial charge in [0, 0.05) is 6.54 Å². The van der Waals surface area contributed by atoms with Gasteiger partial charge >= 0.3 is 5.97 Å². The Morgan fingerprint density at radius 1 is 1.41 bits per heavy atom. The first-order chi connectivity index (χ1) is 7.66. The summed E-state index contributed by atoms with van der Waals surface area (Å²) in [5, 5.41) is 9.06. The quantitative estimate of drug-likeness (QED) is 0.902. The van der Waals surface area contributed by atoms with E-state index in [0.717, 1.165) is 25.9 Å². The minimum Gasteiger partial charge on any atom is -0.480 e. The van der Waals surface area contributed by atoms with E-state index in [9.17, 15) is 4.79 Å². The minimum atomic E-state index is -0.690. The Labute approximate surface area is 108 Å². The number of hydrogen-bond acceptors (Lipinski definition) is 2. The average molecular weight is 256 g/mol. The van der Waals surface area contributed by atoms with Gasteiger partial charge in [0.2, 0.25) is 0 Å². The monoisotopic (exact) mass is 255 g/mol. The molecule has 1 aromatic rings. The molecule has 1 heterocycles. The summed E-state index contributed by atoms with van der Waals surface area (Å²) in [6.07, 6.45) is 1.77. The van der Waals surface area contributed by atoms with E-state index in [-0.39, 0.29) is 18.4 Å². The van der Waals surface area contributed by atoms with Gasteiger partial charge in [0.05, 0.1) is 0 Å². The van der Waals surface area contributed by atoms with E-state index < -0.39 is 5.97 Å². The summed E-state index contributed by atoms with van der Waals surface area (Å²) in [4.78, 5) is 13.1. The van der Waals surface area contributed by atoms with Crippen LogP contribution in [-0.2, 0) is 11.3 Å². The molecule has 1 fully saturated rings. The Morgan fingerprint density at radius 3 is 2.65 bits per heavy atom. The molecule has 0 saturated carbocycles. The third-order valence-electron chi connectivity index (χ3n) is 3.15. The van der Waals surface area contributed by atoms with E-state index in [2.05, 4.69) is 31.2 Å². The molecule has 17 heavy (non-hydrogen) atoms. The highest BCUT2D eigenvalue weighted by Gasteiger charge is 2.29. The molecule has 0 aromatic heterocycles. The summed E-state index contributed by atoms with van der Waals surface area (Å²) in [6.45, 7) is 3.70. The fraction of sp³-hybridized carbons (Fsp3) is 0.462. The lowest BCUT2D eigenvalue weighted by Gasteiger charge is -2.20. The van der Waals surface area contributed by atoms with Gasteiger partial charge in [-0.15, -0.1) is 12.4 Å². The lowest BCUT2D eigenvalue weighted by Crippen LogP contribution is -2.35. The molecule has 0 spiro atoms. The standard InChI is InChI=1S/C13H17NO2.ClH/c1-10-4-6-11(7-5-10)9-14-8-2-3-12(14)13(15)16;/h4-7,12H,2-3,8-9H2,1H3,(H,15,16);1H/t12-;/m1./s1. The number of nitrogens with zero attached hydrogens (tertiary/aromatic N) is 1. The SMILES string of the molecule is Cc1ccc(CN2CCC[C@@H]2C(=O)O)cc1.Cl. The number of carboxylic acids is 1. The fourth-order valence-electron chi connectivity index (χ4n) is 2.22. The Morgan fingerprint density at radius 2 is 2.06 bits per heavy atom. The molecular weight excluding hydrogens is 238 g/mol. The van der Waals surface area contributed by atoms with Crippen LogP contribution in [0.1, 0.15) is 24.0 Å². The van der Waals surface area contributed by atoms with E-state index in [1.54, 1.807) is 0 Å². The van der Waals surface area contributed by atoms with Gasteiger partial charge in [0.1, 0.15) is 6.04 Å². The zero-order valence-electron chi connectivity index (χ0n) is 9.93. The molecule has 1 aromatic carbocycles. The number of aliphatic carboxylic acids is 1. The summed E-state index contributed by atoms with van der Waals surface area (Å²) in [5.74, 6) is -0.690. The van der Waals surface area contributed by atoms with Crippen LogP contribution < -0.4 is 0 Å². The molecule has 0 radical (unpaired) electrons. The highest BCUT2D eigenvalue weighted by Crippen LogP contribution is 2.20. The van der Waals surface area contributed by atoms with Crippen LogP contribution in [-0.4, -0.2) is 28.6 Å². The Bertz CT molecular complexity index is 378. The fourth-order valence-corrected chi connectivity index (χ4v) is 2.22. The maximum absolute atomic E-state index is 11.0. The first kappa shape index (κ1) is 14.0. The van der Waals surface area contributed by atoms with Crippen molar-refractivity contribution in [3.63, 3.8) is 0 Å². The Kier molecular flexibility index (Phi) is 4.97. The van der Waals surface area contributed by atoms with Gasteiger partial charge in [-0.2, -0.15) is 0 Å². The normalized spacial score (nSPS) is 19.9. The van der Waals surface area contributed by atoms with Gasteiger partial charge in [0.15, 0.2) is 0 Å². The lowest BCUT2D eigenvalue weighted by molar-refractivity contribution is -0.142. The molecule has 1 atom stereocenters. The average Bonchev–Trinajstić information content (AvgIpc) is 2.69. The third kappa shape index (κ3) is 3.45. The molecule has 4 heteroatoms. The van der Waals surface area contributed by atoms with Gasteiger partial charge in [-0.25, -0.2) is 0 Å². The topological polar surface area (TPSA) is 40.5 Å². The first-order valence-electron chi connectivity index (χ1n) is 5.69. The molecule has 94 valence electrons. The van der Waals surface area contributed by atoms with Crippen LogP contribution >= 0.6 is 12.4 Å². The van der Waals surface area contributed by atoms with Gasteiger partial charge in [-0.1, -0.05) is 29.8 Å². The predicted molar refractivity (Wildman–Crippen MR) is 69.5 cm³/mol. The highest BCUT2D eigenvalue weighted by molar-refractivity contribution is 5.85. The van der Waals surface area contributed by atoms with Gasteiger partial charge in [-0.3, -0.25) is 9.69 Å². The van der Waals surface area contributed by atoms with E-state index in [4.69, 9.17) is 5.11 Å². The number of hydrogen-bond donors (Lipinski definition) is 1. The molecule has 1 saturated heterocycles. The number of likely N-dealkylation sites (tertiary alicyclic amines) is 1. The van der Waals surface area contributed by atoms with Crippen molar-refractivity contribution >= 4 is 18.4 Å². The van der Waals surface area contributed by atoms with Gasteiger partial charge < -0.3 is 5.11 Å². The number of aryl methyl sites for hydroxylation is 1. The molecule has 2 rings (SSSR count). The van der Waals surface area contributed by atoms with Gasteiger partial charge in [-0.05, 0) is 31.9 Å². The largest absolute Gasteiger partial charge is 0.480 e. The van der Waals surface area contributed by atoms with Crippen LogP contribution in [0, 0.1) is 6.92 Å². The van der Waals surface area contributed by atoms with Crippen LogP contribution in [0.25, 0.3) is 0 Å². The summed E-state index contributed by atoms with van der Waals surface area (Å²) in [6, 6.07) is 8.00. The number of benzene rings is 1. The number of rotatable bonds is 3. The van der Waals surface area contributed by atoms with Crippen LogP contribution in [0.15, 0.2) is 24.3 Å².